The molecule has 0 amide bonds. The highest BCUT2D eigenvalue weighted by molar-refractivity contribution is 5.86. The van der Waals surface area contributed by atoms with Crippen LogP contribution in [0.5, 0.6) is 0 Å². The summed E-state index contributed by atoms with van der Waals surface area (Å²) in [4.78, 5) is 10.4. The maximum Gasteiger partial charge on any atom is 0.219 e. The molecule has 0 spiro atoms. The molecule has 0 saturated heterocycles. The minimum Gasteiger partial charge on any atom is -0.394 e. The molecule has 0 heterocycles. The average molecular weight is 166 g/mol. The van der Waals surface area contributed by atoms with Crippen LogP contribution in [0, 0.1) is 0 Å². The van der Waals surface area contributed by atoms with Crippen LogP contribution >= 0.6 is 0 Å². The molecule has 0 aliphatic heterocycles. The Morgan fingerprint density at radius 3 is 1.91 bits per heavy atom. The first-order valence-corrected chi connectivity index (χ1v) is 2.87. The lowest BCUT2D eigenvalue weighted by Gasteiger charge is -2.14. The number of hydrogen-bond donors (Lipinski definition) is 5. The van der Waals surface area contributed by atoms with Crippen LogP contribution in [0.15, 0.2) is 0 Å². The summed E-state index contributed by atoms with van der Waals surface area (Å²) in [6.07, 6.45) is -5.96. The lowest BCUT2D eigenvalue weighted by Crippen LogP contribution is -2.42. The molecule has 0 aromatic carbocycles. The molecule has 0 aliphatic rings. The minimum absolute atomic E-state index is 0.820. The lowest BCUT2D eigenvalue weighted by molar-refractivity contribution is -0.160. The third-order valence-corrected chi connectivity index (χ3v) is 1.10. The molecule has 2 atom stereocenters. The van der Waals surface area contributed by atoms with E-state index in [1.165, 1.54) is 0 Å². The number of carbonyl (C=O) groups is 1. The predicted octanol–water partition coefficient (Wildman–Crippen LogP) is -3.42. The summed E-state index contributed by atoms with van der Waals surface area (Å²) in [7, 11) is 0. The normalized spacial score (nSPS) is 16.5. The fourth-order valence-electron chi connectivity index (χ4n) is 0.442. The molecule has 0 aliphatic carbocycles. The second kappa shape index (κ2) is 4.37. The van der Waals surface area contributed by atoms with Crippen LogP contribution in [0.4, 0.5) is 0 Å². The molecule has 0 rings (SSSR count). The fourth-order valence-corrected chi connectivity index (χ4v) is 0.442. The van der Waals surface area contributed by atoms with Crippen LogP contribution < -0.4 is 0 Å². The van der Waals surface area contributed by atoms with Crippen molar-refractivity contribution in [3.63, 3.8) is 0 Å². The van der Waals surface area contributed by atoms with Crippen molar-refractivity contribution in [1.29, 1.82) is 0 Å². The van der Waals surface area contributed by atoms with Crippen molar-refractivity contribution >= 4 is 5.78 Å². The van der Waals surface area contributed by atoms with Crippen molar-refractivity contribution < 1.29 is 30.3 Å². The number of rotatable bonds is 4. The van der Waals surface area contributed by atoms with Crippen LogP contribution in [0.3, 0.4) is 0 Å². The Morgan fingerprint density at radius 1 is 1.18 bits per heavy atom. The predicted molar refractivity (Wildman–Crippen MR) is 32.3 cm³/mol. The van der Waals surface area contributed by atoms with E-state index in [0.29, 0.717) is 0 Å². The van der Waals surface area contributed by atoms with E-state index >= 15 is 0 Å². The quantitative estimate of drug-likeness (QED) is 0.277. The van der Waals surface area contributed by atoms with Crippen LogP contribution in [-0.2, 0) is 4.79 Å². The Labute approximate surface area is 62.3 Å². The molecular weight excluding hydrogens is 156 g/mol. The molecule has 0 bridgehead atoms. The van der Waals surface area contributed by atoms with E-state index in [1.807, 2.05) is 0 Å². The summed E-state index contributed by atoms with van der Waals surface area (Å²) in [5.74, 6) is -1.34. The minimum atomic E-state index is -2.33. The van der Waals surface area contributed by atoms with Crippen molar-refractivity contribution in [2.24, 2.45) is 0 Å². The number of aliphatic hydroxyl groups is 5. The first kappa shape index (κ1) is 10.5. The summed E-state index contributed by atoms with van der Waals surface area (Å²) >= 11 is 0. The van der Waals surface area contributed by atoms with Crippen LogP contribution in [0.25, 0.3) is 0 Å². The standard InChI is InChI=1S/C5H10O6/c6-1-2(7)3(8)4(9)5(10)11/h2-3,5-8,10-11H,1H2/t2-,3-/m1/s1. The number of aliphatic hydroxyl groups excluding tert-OH is 4. The van der Waals surface area contributed by atoms with Gasteiger partial charge in [0.15, 0.2) is 0 Å². The van der Waals surface area contributed by atoms with Gasteiger partial charge in [0, 0.05) is 0 Å². The topological polar surface area (TPSA) is 118 Å². The van der Waals surface area contributed by atoms with Gasteiger partial charge in [-0.05, 0) is 0 Å². The zero-order chi connectivity index (χ0) is 9.02. The first-order chi connectivity index (χ1) is 5.00. The molecule has 11 heavy (non-hydrogen) atoms. The van der Waals surface area contributed by atoms with Crippen LogP contribution in [0.1, 0.15) is 0 Å². The molecule has 66 valence electrons. The zero-order valence-corrected chi connectivity index (χ0v) is 5.58. The second-order valence-corrected chi connectivity index (χ2v) is 1.97. The maximum absolute atomic E-state index is 10.4. The Bertz CT molecular complexity index is 133. The van der Waals surface area contributed by atoms with Gasteiger partial charge in [-0.2, -0.15) is 0 Å². The molecule has 5 N–H and O–H groups in total. The van der Waals surface area contributed by atoms with E-state index in [2.05, 4.69) is 0 Å². The smallest absolute Gasteiger partial charge is 0.219 e. The summed E-state index contributed by atoms with van der Waals surface area (Å²) < 4.78 is 0. The summed E-state index contributed by atoms with van der Waals surface area (Å²) in [5, 5.41) is 41.9. The Hall–Kier alpha value is -0.530. The molecule has 0 fully saturated rings. The summed E-state index contributed by atoms with van der Waals surface area (Å²) in [6.45, 7) is -0.820. The van der Waals surface area contributed by atoms with Gasteiger partial charge in [0.25, 0.3) is 0 Å². The van der Waals surface area contributed by atoms with Gasteiger partial charge in [-0.1, -0.05) is 0 Å². The number of ketones is 1. The molecule has 0 unspecified atom stereocenters. The van der Waals surface area contributed by atoms with Crippen LogP contribution in [0.2, 0.25) is 0 Å². The van der Waals surface area contributed by atoms with Gasteiger partial charge < -0.3 is 25.5 Å². The highest BCUT2D eigenvalue weighted by atomic mass is 16.5. The van der Waals surface area contributed by atoms with Gasteiger partial charge in [0.1, 0.15) is 12.2 Å². The van der Waals surface area contributed by atoms with Gasteiger partial charge in [-0.15, -0.1) is 0 Å². The van der Waals surface area contributed by atoms with E-state index in [9.17, 15) is 4.79 Å². The molecule has 0 saturated carbocycles. The van der Waals surface area contributed by atoms with Crippen molar-refractivity contribution in [3.05, 3.63) is 0 Å². The van der Waals surface area contributed by atoms with Crippen molar-refractivity contribution in [3.8, 4) is 0 Å². The zero-order valence-electron chi connectivity index (χ0n) is 5.58. The van der Waals surface area contributed by atoms with Gasteiger partial charge in [-0.25, -0.2) is 0 Å². The van der Waals surface area contributed by atoms with Crippen LogP contribution in [-0.4, -0.2) is 56.4 Å². The van der Waals surface area contributed by atoms with E-state index in [4.69, 9.17) is 25.5 Å². The molecule has 0 aromatic rings. The summed E-state index contributed by atoms with van der Waals surface area (Å²) in [6, 6.07) is 0. The van der Waals surface area contributed by atoms with Gasteiger partial charge in [0.05, 0.1) is 6.61 Å². The lowest BCUT2D eigenvalue weighted by atomic mass is 10.1. The van der Waals surface area contributed by atoms with Crippen molar-refractivity contribution in [1.82, 2.24) is 0 Å². The van der Waals surface area contributed by atoms with E-state index in [0.717, 1.165) is 0 Å². The van der Waals surface area contributed by atoms with Crippen molar-refractivity contribution in [2.45, 2.75) is 18.5 Å². The monoisotopic (exact) mass is 166 g/mol. The van der Waals surface area contributed by atoms with E-state index in [-0.39, 0.29) is 0 Å². The van der Waals surface area contributed by atoms with Gasteiger partial charge in [-0.3, -0.25) is 4.79 Å². The average Bonchev–Trinajstić information content (AvgIpc) is 2.00. The number of carbonyl (C=O) groups excluding carboxylic acids is 1. The second-order valence-electron chi connectivity index (χ2n) is 1.97. The number of hydrogen-bond acceptors (Lipinski definition) is 6. The molecule has 6 nitrogen and oxygen atoms in total. The third kappa shape index (κ3) is 2.91. The van der Waals surface area contributed by atoms with E-state index in [1.54, 1.807) is 0 Å². The Morgan fingerprint density at radius 2 is 1.64 bits per heavy atom. The largest absolute Gasteiger partial charge is 0.394 e. The third-order valence-electron chi connectivity index (χ3n) is 1.10. The highest BCUT2D eigenvalue weighted by Gasteiger charge is 2.27. The molecule has 6 heteroatoms. The van der Waals surface area contributed by atoms with Gasteiger partial charge in [0.2, 0.25) is 12.1 Å². The highest BCUT2D eigenvalue weighted by Crippen LogP contribution is 1.96. The summed E-state index contributed by atoms with van der Waals surface area (Å²) in [5.41, 5.74) is 0. The molecule has 0 radical (unpaired) electrons. The maximum atomic E-state index is 10.4. The number of Topliss-reactive ketones (excluding diaryl/α,β-unsaturated/α-hetero) is 1. The van der Waals surface area contributed by atoms with E-state index < -0.39 is 30.9 Å². The van der Waals surface area contributed by atoms with Gasteiger partial charge >= 0.3 is 0 Å². The fraction of sp³-hybridized carbons (Fsp3) is 0.800. The first-order valence-electron chi connectivity index (χ1n) is 2.87. The molecular formula is C5H10O6. The SMILES string of the molecule is O=C(C(O)O)[C@H](O)[C@H](O)CO. The van der Waals surface area contributed by atoms with Crippen molar-refractivity contribution in [2.75, 3.05) is 6.61 Å². The Kier molecular flexibility index (Phi) is 4.16. The molecule has 0 aromatic heterocycles. The Balaban J connectivity index is 4.02.